The van der Waals surface area contributed by atoms with Gasteiger partial charge in [-0.2, -0.15) is 0 Å². The molecule has 0 amide bonds. The maximum atomic E-state index is 11.6. The summed E-state index contributed by atoms with van der Waals surface area (Å²) in [6.07, 6.45) is 5.69. The number of rotatable bonds is 2. The lowest BCUT2D eigenvalue weighted by Gasteiger charge is -2.06. The molecule has 82 valence electrons. The monoisotopic (exact) mass is 244 g/mol. The van der Waals surface area contributed by atoms with E-state index in [1.165, 1.54) is 18.0 Å². The molecule has 15 heavy (non-hydrogen) atoms. The highest BCUT2D eigenvalue weighted by molar-refractivity contribution is 7.98. The predicted molar refractivity (Wildman–Crippen MR) is 58.9 cm³/mol. The van der Waals surface area contributed by atoms with Crippen LogP contribution in [0, 0.1) is 0 Å². The van der Waals surface area contributed by atoms with E-state index < -0.39 is 9.84 Å². The Balaban J connectivity index is 2.68. The molecule has 0 bridgehead atoms. The number of nitrogens with zero attached hydrogens (tertiary/aromatic N) is 2. The Hall–Kier alpha value is -0.620. The standard InChI is InChI=1S/C9H12N2O2S2/c1-14-9-10-7-5-3-4-6(7)8(11-9)15(2,12)13/h3-5H2,1-2H3. The van der Waals surface area contributed by atoms with Gasteiger partial charge < -0.3 is 0 Å². The first-order chi connectivity index (χ1) is 7.02. The summed E-state index contributed by atoms with van der Waals surface area (Å²) in [5.74, 6) is 0. The number of thioether (sulfide) groups is 1. The van der Waals surface area contributed by atoms with E-state index in [2.05, 4.69) is 9.97 Å². The van der Waals surface area contributed by atoms with Gasteiger partial charge in [-0.3, -0.25) is 0 Å². The summed E-state index contributed by atoms with van der Waals surface area (Å²) in [5.41, 5.74) is 1.74. The Bertz CT molecular complexity index is 497. The third kappa shape index (κ3) is 2.01. The van der Waals surface area contributed by atoms with Crippen molar-refractivity contribution in [2.45, 2.75) is 29.4 Å². The lowest BCUT2D eigenvalue weighted by Crippen LogP contribution is -2.08. The highest BCUT2D eigenvalue weighted by Gasteiger charge is 2.24. The summed E-state index contributed by atoms with van der Waals surface area (Å²) in [6, 6.07) is 0. The van der Waals surface area contributed by atoms with E-state index in [0.29, 0.717) is 5.16 Å². The zero-order valence-corrected chi connectivity index (χ0v) is 10.3. The molecule has 0 aliphatic heterocycles. The van der Waals surface area contributed by atoms with Crippen LogP contribution in [0.4, 0.5) is 0 Å². The third-order valence-electron chi connectivity index (χ3n) is 2.41. The second-order valence-electron chi connectivity index (χ2n) is 3.57. The van der Waals surface area contributed by atoms with Gasteiger partial charge in [0.05, 0.1) is 0 Å². The molecule has 0 radical (unpaired) electrons. The fourth-order valence-electron chi connectivity index (χ4n) is 1.77. The molecule has 1 aliphatic carbocycles. The van der Waals surface area contributed by atoms with Crippen LogP contribution in [0.5, 0.6) is 0 Å². The molecule has 2 rings (SSSR count). The maximum absolute atomic E-state index is 11.6. The van der Waals surface area contributed by atoms with E-state index in [4.69, 9.17) is 0 Å². The molecule has 0 unspecified atom stereocenters. The number of hydrogen-bond donors (Lipinski definition) is 0. The minimum Gasteiger partial charge on any atom is -0.227 e. The van der Waals surface area contributed by atoms with Crippen molar-refractivity contribution in [2.24, 2.45) is 0 Å². The highest BCUT2D eigenvalue weighted by Crippen LogP contribution is 2.27. The van der Waals surface area contributed by atoms with Gasteiger partial charge in [-0.25, -0.2) is 18.4 Å². The summed E-state index contributed by atoms with van der Waals surface area (Å²) < 4.78 is 23.1. The Morgan fingerprint density at radius 1 is 1.27 bits per heavy atom. The molecular weight excluding hydrogens is 232 g/mol. The fourth-order valence-corrected chi connectivity index (χ4v) is 3.14. The molecule has 0 saturated carbocycles. The molecule has 0 fully saturated rings. The van der Waals surface area contributed by atoms with Crippen molar-refractivity contribution in [3.8, 4) is 0 Å². The lowest BCUT2D eigenvalue weighted by molar-refractivity contribution is 0.594. The van der Waals surface area contributed by atoms with E-state index in [9.17, 15) is 8.42 Å². The normalized spacial score (nSPS) is 15.3. The smallest absolute Gasteiger partial charge is 0.193 e. The minimum atomic E-state index is -3.23. The van der Waals surface area contributed by atoms with Crippen LogP contribution in [-0.4, -0.2) is 30.9 Å². The maximum Gasteiger partial charge on any atom is 0.193 e. The van der Waals surface area contributed by atoms with Gasteiger partial charge in [0.1, 0.15) is 0 Å². The average molecular weight is 244 g/mol. The number of fused-ring (bicyclic) bond motifs is 1. The molecule has 1 heterocycles. The fraction of sp³-hybridized carbons (Fsp3) is 0.556. The van der Waals surface area contributed by atoms with E-state index in [1.54, 1.807) is 0 Å². The summed E-state index contributed by atoms with van der Waals surface area (Å²) >= 11 is 1.38. The van der Waals surface area contributed by atoms with E-state index in [0.717, 1.165) is 30.5 Å². The van der Waals surface area contributed by atoms with Gasteiger partial charge in [-0.1, -0.05) is 11.8 Å². The SMILES string of the molecule is CSc1nc2c(c(S(C)(=O)=O)n1)CCC2. The van der Waals surface area contributed by atoms with E-state index in [1.807, 2.05) is 6.26 Å². The summed E-state index contributed by atoms with van der Waals surface area (Å²) in [4.78, 5) is 8.43. The largest absolute Gasteiger partial charge is 0.227 e. The van der Waals surface area contributed by atoms with Crippen LogP contribution in [0.15, 0.2) is 10.2 Å². The van der Waals surface area contributed by atoms with Crippen molar-refractivity contribution in [3.63, 3.8) is 0 Å². The van der Waals surface area contributed by atoms with Crippen LogP contribution in [0.2, 0.25) is 0 Å². The van der Waals surface area contributed by atoms with Crippen molar-refractivity contribution in [1.82, 2.24) is 9.97 Å². The van der Waals surface area contributed by atoms with Gasteiger partial charge >= 0.3 is 0 Å². The van der Waals surface area contributed by atoms with Gasteiger partial charge in [0.2, 0.25) is 0 Å². The molecule has 6 heteroatoms. The van der Waals surface area contributed by atoms with E-state index in [-0.39, 0.29) is 5.03 Å². The molecule has 1 aromatic rings. The second-order valence-corrected chi connectivity index (χ2v) is 6.27. The second kappa shape index (κ2) is 3.75. The molecule has 0 N–H and O–H groups in total. The van der Waals surface area contributed by atoms with Crippen molar-refractivity contribution in [1.29, 1.82) is 0 Å². The summed E-state index contributed by atoms with van der Waals surface area (Å²) in [6.45, 7) is 0. The predicted octanol–water partition coefficient (Wildman–Crippen LogP) is 1.09. The lowest BCUT2D eigenvalue weighted by atomic mass is 10.3. The van der Waals surface area contributed by atoms with Gasteiger partial charge in [0.25, 0.3) is 0 Å². The van der Waals surface area contributed by atoms with Crippen LogP contribution in [0.1, 0.15) is 17.7 Å². The first-order valence-electron chi connectivity index (χ1n) is 4.66. The minimum absolute atomic E-state index is 0.231. The van der Waals surface area contributed by atoms with Crippen LogP contribution < -0.4 is 0 Å². The number of hydrogen-bond acceptors (Lipinski definition) is 5. The third-order valence-corrected chi connectivity index (χ3v) is 4.00. The number of aryl methyl sites for hydroxylation is 1. The highest BCUT2D eigenvalue weighted by atomic mass is 32.2. The molecule has 0 spiro atoms. The van der Waals surface area contributed by atoms with Gasteiger partial charge in [0.15, 0.2) is 20.0 Å². The van der Waals surface area contributed by atoms with Crippen LogP contribution in [0.3, 0.4) is 0 Å². The average Bonchev–Trinajstić information content (AvgIpc) is 2.61. The Morgan fingerprint density at radius 2 is 2.00 bits per heavy atom. The zero-order chi connectivity index (χ0) is 11.1. The van der Waals surface area contributed by atoms with Crippen molar-refractivity contribution in [3.05, 3.63) is 11.3 Å². The first-order valence-corrected chi connectivity index (χ1v) is 7.78. The summed E-state index contributed by atoms with van der Waals surface area (Å²) in [7, 11) is -3.23. The van der Waals surface area contributed by atoms with Crippen LogP contribution in [-0.2, 0) is 22.7 Å². The Kier molecular flexibility index (Phi) is 2.72. The van der Waals surface area contributed by atoms with Crippen LogP contribution in [0.25, 0.3) is 0 Å². The molecule has 1 aliphatic rings. The van der Waals surface area contributed by atoms with Crippen molar-refractivity contribution >= 4 is 21.6 Å². The Morgan fingerprint density at radius 3 is 2.60 bits per heavy atom. The van der Waals surface area contributed by atoms with Gasteiger partial charge in [-0.05, 0) is 25.5 Å². The molecule has 0 aromatic carbocycles. The van der Waals surface area contributed by atoms with Gasteiger partial charge in [-0.15, -0.1) is 0 Å². The zero-order valence-electron chi connectivity index (χ0n) is 8.65. The molecule has 1 aromatic heterocycles. The number of sulfone groups is 1. The summed E-state index contributed by atoms with van der Waals surface area (Å²) in [5, 5.41) is 0.783. The van der Waals surface area contributed by atoms with Crippen molar-refractivity contribution in [2.75, 3.05) is 12.5 Å². The topological polar surface area (TPSA) is 59.9 Å². The first kappa shape index (κ1) is 10.9. The molecule has 0 saturated heterocycles. The quantitative estimate of drug-likeness (QED) is 0.443. The van der Waals surface area contributed by atoms with Gasteiger partial charge in [0, 0.05) is 17.5 Å². The molecule has 0 atom stereocenters. The van der Waals surface area contributed by atoms with Crippen LogP contribution >= 0.6 is 11.8 Å². The van der Waals surface area contributed by atoms with Crippen molar-refractivity contribution < 1.29 is 8.42 Å². The molecule has 4 nitrogen and oxygen atoms in total. The Labute approximate surface area is 93.4 Å². The molecular formula is C9H12N2O2S2. The number of aromatic nitrogens is 2. The van der Waals surface area contributed by atoms with E-state index >= 15 is 0 Å².